The maximum Gasteiger partial charge on any atom is 0.419 e. The number of alkyl halides is 3. The summed E-state index contributed by atoms with van der Waals surface area (Å²) in [6.07, 6.45) is -1.62. The highest BCUT2D eigenvalue weighted by Gasteiger charge is 2.36. The van der Waals surface area contributed by atoms with E-state index in [4.69, 9.17) is 5.73 Å². The number of likely N-dealkylation sites (N-methyl/N-ethyl adjacent to an activating group) is 1. The van der Waals surface area contributed by atoms with Gasteiger partial charge in [0.25, 0.3) is 0 Å². The molecule has 2 aromatic heterocycles. The summed E-state index contributed by atoms with van der Waals surface area (Å²) in [5.74, 6) is -0.602. The Morgan fingerprint density at radius 2 is 2.00 bits per heavy atom. The molecule has 4 N–H and O–H groups in total. The standard InChI is InChI=1S/C25H25F4N7/c1-35(2)15-8-9-36(13-15)21-7-6-14(10-20(21)30)33-24-32-12-18(25(27,28)29)22(34-24)17-11-31-23-16(17)4-3-5-19(23)26/h3-7,10-12,15,31H,8-9,13,30H2,1-2H3,(H,32,33,34)/t15-/m1/s1. The number of aromatic nitrogens is 3. The van der Waals surface area contributed by atoms with Crippen molar-refractivity contribution in [3.8, 4) is 11.3 Å². The number of nitrogens with two attached hydrogens (primary N) is 1. The second-order valence-corrected chi connectivity index (χ2v) is 9.07. The minimum Gasteiger partial charge on any atom is -0.397 e. The lowest BCUT2D eigenvalue weighted by Crippen LogP contribution is -2.31. The molecule has 0 radical (unpaired) electrons. The number of hydrogen-bond acceptors (Lipinski definition) is 6. The third-order valence-corrected chi connectivity index (χ3v) is 6.53. The lowest BCUT2D eigenvalue weighted by molar-refractivity contribution is -0.137. The van der Waals surface area contributed by atoms with Crippen LogP contribution in [0.5, 0.6) is 0 Å². The number of fused-ring (bicyclic) bond motifs is 1. The summed E-state index contributed by atoms with van der Waals surface area (Å²) in [4.78, 5) is 15.2. The highest BCUT2D eigenvalue weighted by Crippen LogP contribution is 2.39. The smallest absolute Gasteiger partial charge is 0.397 e. The number of hydrogen-bond donors (Lipinski definition) is 3. The summed E-state index contributed by atoms with van der Waals surface area (Å²) in [5, 5.41) is 3.24. The van der Waals surface area contributed by atoms with Gasteiger partial charge in [-0.25, -0.2) is 14.4 Å². The molecule has 7 nitrogen and oxygen atoms in total. The Balaban J connectivity index is 1.47. The number of H-pyrrole nitrogens is 1. The van der Waals surface area contributed by atoms with Gasteiger partial charge in [-0.3, -0.25) is 0 Å². The van der Waals surface area contributed by atoms with Crippen molar-refractivity contribution in [3.05, 3.63) is 60.2 Å². The molecule has 1 aliphatic heterocycles. The number of aromatic amines is 1. The molecule has 1 aliphatic rings. The predicted octanol–water partition coefficient (Wildman–Crippen LogP) is 5.25. The number of para-hydroxylation sites is 1. The molecular formula is C25H25F4N7. The fraction of sp³-hybridized carbons (Fsp3) is 0.280. The van der Waals surface area contributed by atoms with Crippen LogP contribution in [-0.2, 0) is 6.18 Å². The van der Waals surface area contributed by atoms with Crippen molar-refractivity contribution in [2.75, 3.05) is 43.1 Å². The first kappa shape index (κ1) is 23.9. The second-order valence-electron chi connectivity index (χ2n) is 9.07. The van der Waals surface area contributed by atoms with E-state index in [2.05, 4.69) is 44.2 Å². The maximum absolute atomic E-state index is 14.1. The Morgan fingerprint density at radius 3 is 2.69 bits per heavy atom. The van der Waals surface area contributed by atoms with Crippen molar-refractivity contribution >= 4 is 33.9 Å². The normalized spacial score (nSPS) is 16.3. The Bertz CT molecular complexity index is 1410. The van der Waals surface area contributed by atoms with Crippen LogP contribution in [0.15, 0.2) is 48.8 Å². The van der Waals surface area contributed by atoms with Gasteiger partial charge in [0, 0.05) is 48.2 Å². The first-order chi connectivity index (χ1) is 17.1. The molecule has 188 valence electrons. The van der Waals surface area contributed by atoms with Crippen LogP contribution >= 0.6 is 0 Å². The van der Waals surface area contributed by atoms with E-state index in [0.717, 1.165) is 31.4 Å². The molecule has 2 aromatic carbocycles. The summed E-state index contributed by atoms with van der Waals surface area (Å²) in [6.45, 7) is 1.75. The van der Waals surface area contributed by atoms with Crippen LogP contribution in [0.3, 0.4) is 0 Å². The molecule has 3 heterocycles. The van der Waals surface area contributed by atoms with Crippen molar-refractivity contribution in [1.82, 2.24) is 19.9 Å². The van der Waals surface area contributed by atoms with Gasteiger partial charge in [-0.05, 0) is 44.8 Å². The van der Waals surface area contributed by atoms with Gasteiger partial charge >= 0.3 is 6.18 Å². The van der Waals surface area contributed by atoms with Crippen LogP contribution in [0.4, 0.5) is 40.6 Å². The molecule has 0 unspecified atom stereocenters. The van der Waals surface area contributed by atoms with E-state index < -0.39 is 17.6 Å². The Hall–Kier alpha value is -3.86. The van der Waals surface area contributed by atoms with Gasteiger partial charge in [0.2, 0.25) is 5.95 Å². The van der Waals surface area contributed by atoms with Gasteiger partial charge in [-0.15, -0.1) is 0 Å². The Labute approximate surface area is 204 Å². The monoisotopic (exact) mass is 499 g/mol. The van der Waals surface area contributed by atoms with Crippen LogP contribution < -0.4 is 16.0 Å². The molecule has 0 amide bonds. The zero-order valence-corrected chi connectivity index (χ0v) is 19.7. The molecule has 11 heteroatoms. The molecule has 0 saturated carbocycles. The molecule has 1 fully saturated rings. The topological polar surface area (TPSA) is 86.1 Å². The average molecular weight is 500 g/mol. The minimum absolute atomic E-state index is 0.0373. The third-order valence-electron chi connectivity index (χ3n) is 6.53. The minimum atomic E-state index is -4.70. The lowest BCUT2D eigenvalue weighted by atomic mass is 10.1. The fourth-order valence-corrected chi connectivity index (χ4v) is 4.60. The highest BCUT2D eigenvalue weighted by molar-refractivity contribution is 5.95. The van der Waals surface area contributed by atoms with E-state index in [0.29, 0.717) is 22.8 Å². The number of nitrogens with one attached hydrogen (secondary N) is 2. The number of halogens is 4. The van der Waals surface area contributed by atoms with Crippen LogP contribution in [0.2, 0.25) is 0 Å². The van der Waals surface area contributed by atoms with Gasteiger partial charge in [-0.1, -0.05) is 12.1 Å². The summed E-state index contributed by atoms with van der Waals surface area (Å²) < 4.78 is 55.5. The van der Waals surface area contributed by atoms with Crippen molar-refractivity contribution < 1.29 is 17.6 Å². The van der Waals surface area contributed by atoms with Crippen LogP contribution in [0.1, 0.15) is 12.0 Å². The molecule has 1 saturated heterocycles. The predicted molar refractivity (Wildman–Crippen MR) is 133 cm³/mol. The molecule has 0 bridgehead atoms. The second kappa shape index (κ2) is 8.98. The summed E-state index contributed by atoms with van der Waals surface area (Å²) in [5.41, 5.74) is 7.16. The summed E-state index contributed by atoms with van der Waals surface area (Å²) in [6, 6.07) is 10.0. The summed E-state index contributed by atoms with van der Waals surface area (Å²) >= 11 is 0. The Kier molecular flexibility index (Phi) is 5.95. The quantitative estimate of drug-likeness (QED) is 0.257. The van der Waals surface area contributed by atoms with Gasteiger partial charge in [0.05, 0.1) is 22.6 Å². The van der Waals surface area contributed by atoms with E-state index >= 15 is 0 Å². The number of rotatable bonds is 5. The molecule has 36 heavy (non-hydrogen) atoms. The van der Waals surface area contributed by atoms with E-state index in [1.54, 1.807) is 12.1 Å². The van der Waals surface area contributed by atoms with Crippen molar-refractivity contribution in [2.45, 2.75) is 18.6 Å². The SMILES string of the molecule is CN(C)[C@@H]1CCN(c2ccc(Nc3ncc(C(F)(F)F)c(-c4c[nH]c5c(F)cccc45)n3)cc2N)C1. The van der Waals surface area contributed by atoms with Crippen LogP contribution in [-0.4, -0.2) is 53.1 Å². The van der Waals surface area contributed by atoms with Crippen molar-refractivity contribution in [3.63, 3.8) is 0 Å². The van der Waals surface area contributed by atoms with E-state index in [-0.39, 0.29) is 22.7 Å². The van der Waals surface area contributed by atoms with E-state index in [1.807, 2.05) is 6.07 Å². The van der Waals surface area contributed by atoms with Gasteiger partial charge < -0.3 is 25.8 Å². The van der Waals surface area contributed by atoms with Crippen LogP contribution in [0, 0.1) is 5.82 Å². The molecular weight excluding hydrogens is 474 g/mol. The number of nitrogen functional groups attached to an aromatic ring is 1. The number of nitrogens with zero attached hydrogens (tertiary/aromatic N) is 4. The first-order valence-electron chi connectivity index (χ1n) is 11.4. The molecule has 0 spiro atoms. The van der Waals surface area contributed by atoms with Crippen molar-refractivity contribution in [1.29, 1.82) is 0 Å². The Morgan fingerprint density at radius 1 is 1.19 bits per heavy atom. The summed E-state index contributed by atoms with van der Waals surface area (Å²) in [7, 11) is 4.10. The maximum atomic E-state index is 14.1. The zero-order chi connectivity index (χ0) is 25.6. The van der Waals surface area contributed by atoms with E-state index in [1.165, 1.54) is 24.4 Å². The van der Waals surface area contributed by atoms with Gasteiger partial charge in [-0.2, -0.15) is 13.2 Å². The zero-order valence-electron chi connectivity index (χ0n) is 19.7. The molecule has 5 rings (SSSR count). The lowest BCUT2D eigenvalue weighted by Gasteiger charge is -2.23. The molecule has 1 atom stereocenters. The number of benzene rings is 2. The van der Waals surface area contributed by atoms with Gasteiger partial charge in [0.1, 0.15) is 11.4 Å². The van der Waals surface area contributed by atoms with E-state index in [9.17, 15) is 17.6 Å². The average Bonchev–Trinajstić information content (AvgIpc) is 3.47. The third kappa shape index (κ3) is 4.41. The molecule has 0 aliphatic carbocycles. The molecule has 4 aromatic rings. The first-order valence-corrected chi connectivity index (χ1v) is 11.4. The van der Waals surface area contributed by atoms with Crippen LogP contribution in [0.25, 0.3) is 22.2 Å². The highest BCUT2D eigenvalue weighted by atomic mass is 19.4. The van der Waals surface area contributed by atoms with Gasteiger partial charge in [0.15, 0.2) is 0 Å². The fourth-order valence-electron chi connectivity index (χ4n) is 4.60. The number of anilines is 4. The van der Waals surface area contributed by atoms with Crippen molar-refractivity contribution in [2.24, 2.45) is 0 Å². The largest absolute Gasteiger partial charge is 0.419 e.